The van der Waals surface area contributed by atoms with Crippen LogP contribution in [0.3, 0.4) is 0 Å². The van der Waals surface area contributed by atoms with Crippen LogP contribution in [0.2, 0.25) is 0 Å². The molecule has 0 aliphatic rings. The molecule has 0 saturated heterocycles. The van der Waals surface area contributed by atoms with Gasteiger partial charge in [0.2, 0.25) is 11.8 Å². The number of carbonyl (C=O) groups is 2. The first-order valence-electron chi connectivity index (χ1n) is 13.8. The molecule has 0 aliphatic heterocycles. The van der Waals surface area contributed by atoms with Gasteiger partial charge in [-0.2, -0.15) is 0 Å². The number of benzene rings is 3. The van der Waals surface area contributed by atoms with E-state index in [1.165, 1.54) is 24.1 Å². The summed E-state index contributed by atoms with van der Waals surface area (Å²) in [5.41, 5.74) is 2.67. The monoisotopic (exact) mass is 657 g/mol. The SMILES string of the molecule is CC[C@H](C(=O)NC(C)(C)C)N(Cc1ccc(C)cc1)C(=O)CN(c1ccc(C)cc1)S(=O)(=O)c1ccc(OC)c(Br)c1. The van der Waals surface area contributed by atoms with Crippen LogP contribution in [-0.2, 0) is 26.2 Å². The van der Waals surface area contributed by atoms with Crippen LogP contribution in [0.1, 0.15) is 50.8 Å². The minimum atomic E-state index is -4.20. The Morgan fingerprint density at radius 2 is 1.52 bits per heavy atom. The maximum absolute atomic E-state index is 14.2. The smallest absolute Gasteiger partial charge is 0.264 e. The number of aryl methyl sites for hydroxylation is 2. The van der Waals surface area contributed by atoms with Gasteiger partial charge in [0, 0.05) is 12.1 Å². The van der Waals surface area contributed by atoms with Gasteiger partial charge in [0.05, 0.1) is 22.2 Å². The van der Waals surface area contributed by atoms with Crippen molar-refractivity contribution in [2.45, 2.75) is 71.0 Å². The first kappa shape index (κ1) is 33.1. The molecule has 0 spiro atoms. The summed E-state index contributed by atoms with van der Waals surface area (Å²) in [6.07, 6.45) is 0.349. The summed E-state index contributed by atoms with van der Waals surface area (Å²) in [5.74, 6) is -0.315. The van der Waals surface area contributed by atoms with Gasteiger partial charge in [-0.25, -0.2) is 8.42 Å². The Balaban J connectivity index is 2.09. The van der Waals surface area contributed by atoms with Gasteiger partial charge >= 0.3 is 0 Å². The van der Waals surface area contributed by atoms with Gasteiger partial charge in [0.15, 0.2) is 0 Å². The Bertz CT molecular complexity index is 1500. The molecule has 3 rings (SSSR count). The zero-order valence-corrected chi connectivity index (χ0v) is 27.7. The number of nitrogens with zero attached hydrogens (tertiary/aromatic N) is 2. The van der Waals surface area contributed by atoms with Crippen LogP contribution in [-0.4, -0.2) is 50.4 Å². The number of sulfonamides is 1. The molecule has 0 radical (unpaired) electrons. The van der Waals surface area contributed by atoms with Crippen molar-refractivity contribution in [3.63, 3.8) is 0 Å². The zero-order valence-electron chi connectivity index (χ0n) is 25.3. The first-order chi connectivity index (χ1) is 19.7. The van der Waals surface area contributed by atoms with Crippen molar-refractivity contribution in [2.75, 3.05) is 18.0 Å². The molecule has 0 aromatic heterocycles. The van der Waals surface area contributed by atoms with Crippen molar-refractivity contribution in [1.82, 2.24) is 10.2 Å². The molecule has 3 aromatic rings. The Kier molecular flexibility index (Phi) is 10.8. The molecule has 42 heavy (non-hydrogen) atoms. The molecular formula is C32H40BrN3O5S. The molecule has 8 nitrogen and oxygen atoms in total. The second kappa shape index (κ2) is 13.7. The van der Waals surface area contributed by atoms with E-state index in [4.69, 9.17) is 4.74 Å². The predicted molar refractivity (Wildman–Crippen MR) is 170 cm³/mol. The van der Waals surface area contributed by atoms with Crippen LogP contribution in [0.4, 0.5) is 5.69 Å². The molecule has 0 fully saturated rings. The summed E-state index contributed by atoms with van der Waals surface area (Å²) in [5, 5.41) is 2.98. The summed E-state index contributed by atoms with van der Waals surface area (Å²) in [7, 11) is -2.71. The number of ether oxygens (including phenoxy) is 1. The van der Waals surface area contributed by atoms with E-state index in [2.05, 4.69) is 21.2 Å². The summed E-state index contributed by atoms with van der Waals surface area (Å²) < 4.78 is 35.0. The number of halogens is 1. The number of rotatable bonds is 11. The molecule has 2 amide bonds. The average Bonchev–Trinajstić information content (AvgIpc) is 2.92. The van der Waals surface area contributed by atoms with E-state index in [1.807, 2.05) is 65.8 Å². The fourth-order valence-corrected chi connectivity index (χ4v) is 6.57. The summed E-state index contributed by atoms with van der Waals surface area (Å²) in [6, 6.07) is 18.3. The third-order valence-corrected chi connectivity index (χ3v) is 9.06. The number of hydrogen-bond acceptors (Lipinski definition) is 5. The molecule has 0 bridgehead atoms. The molecule has 0 saturated carbocycles. The van der Waals surface area contributed by atoms with Crippen molar-refractivity contribution in [2.24, 2.45) is 0 Å². The van der Waals surface area contributed by atoms with Gasteiger partial charge in [-0.3, -0.25) is 13.9 Å². The second-order valence-electron chi connectivity index (χ2n) is 11.3. The number of nitrogens with one attached hydrogen (secondary N) is 1. The largest absolute Gasteiger partial charge is 0.496 e. The lowest BCUT2D eigenvalue weighted by Crippen LogP contribution is -2.55. The van der Waals surface area contributed by atoms with Crippen molar-refractivity contribution in [3.05, 3.63) is 87.9 Å². The Morgan fingerprint density at radius 1 is 0.952 bits per heavy atom. The maximum atomic E-state index is 14.2. The van der Waals surface area contributed by atoms with E-state index in [9.17, 15) is 18.0 Å². The average molecular weight is 659 g/mol. The summed E-state index contributed by atoms with van der Waals surface area (Å²) in [6.45, 7) is 11.0. The van der Waals surface area contributed by atoms with Gasteiger partial charge in [-0.05, 0) is 92.9 Å². The molecule has 1 N–H and O–H groups in total. The van der Waals surface area contributed by atoms with Crippen LogP contribution < -0.4 is 14.4 Å². The quantitative estimate of drug-likeness (QED) is 0.273. The van der Waals surface area contributed by atoms with Gasteiger partial charge in [0.25, 0.3) is 10.0 Å². The minimum absolute atomic E-state index is 0.00819. The van der Waals surface area contributed by atoms with Crippen molar-refractivity contribution in [1.29, 1.82) is 0 Å². The molecule has 0 heterocycles. The zero-order chi connectivity index (χ0) is 31.2. The number of anilines is 1. The van der Waals surface area contributed by atoms with E-state index in [0.29, 0.717) is 22.3 Å². The van der Waals surface area contributed by atoms with Gasteiger partial charge in [0.1, 0.15) is 18.3 Å². The lowest BCUT2D eigenvalue weighted by atomic mass is 10.1. The van der Waals surface area contributed by atoms with Crippen molar-refractivity contribution >= 4 is 43.5 Å². The van der Waals surface area contributed by atoms with Crippen molar-refractivity contribution in [3.8, 4) is 5.75 Å². The van der Waals surface area contributed by atoms with Crippen molar-refractivity contribution < 1.29 is 22.7 Å². The Labute approximate surface area is 258 Å². The van der Waals surface area contributed by atoms with E-state index < -0.39 is 34.1 Å². The third kappa shape index (κ3) is 8.35. The second-order valence-corrected chi connectivity index (χ2v) is 14.0. The molecular weight excluding hydrogens is 618 g/mol. The molecule has 10 heteroatoms. The summed E-state index contributed by atoms with van der Waals surface area (Å²) in [4.78, 5) is 29.1. The van der Waals surface area contributed by atoms with Crippen LogP contribution in [0.25, 0.3) is 0 Å². The number of carbonyl (C=O) groups excluding carboxylic acids is 2. The van der Waals surface area contributed by atoms with Crippen LogP contribution in [0.5, 0.6) is 5.75 Å². The van der Waals surface area contributed by atoms with Crippen LogP contribution >= 0.6 is 15.9 Å². The third-order valence-electron chi connectivity index (χ3n) is 6.67. The summed E-state index contributed by atoms with van der Waals surface area (Å²) >= 11 is 3.37. The highest BCUT2D eigenvalue weighted by Gasteiger charge is 2.34. The lowest BCUT2D eigenvalue weighted by Gasteiger charge is -2.34. The topological polar surface area (TPSA) is 96.0 Å². The molecule has 0 unspecified atom stereocenters. The number of methoxy groups -OCH3 is 1. The highest BCUT2D eigenvalue weighted by atomic mass is 79.9. The highest BCUT2D eigenvalue weighted by Crippen LogP contribution is 2.31. The van der Waals surface area contributed by atoms with E-state index in [0.717, 1.165) is 21.0 Å². The molecule has 3 aromatic carbocycles. The molecule has 1 atom stereocenters. The first-order valence-corrected chi connectivity index (χ1v) is 16.0. The number of amides is 2. The fourth-order valence-electron chi connectivity index (χ4n) is 4.44. The van der Waals surface area contributed by atoms with Gasteiger partial charge in [-0.1, -0.05) is 54.4 Å². The molecule has 0 aliphatic carbocycles. The van der Waals surface area contributed by atoms with Gasteiger partial charge < -0.3 is 15.0 Å². The Hall–Kier alpha value is -3.37. The maximum Gasteiger partial charge on any atom is 0.264 e. The van der Waals surface area contributed by atoms with E-state index in [-0.39, 0.29) is 17.3 Å². The van der Waals surface area contributed by atoms with Crippen LogP contribution in [0, 0.1) is 13.8 Å². The highest BCUT2D eigenvalue weighted by molar-refractivity contribution is 9.10. The normalized spacial score (nSPS) is 12.4. The van der Waals surface area contributed by atoms with E-state index >= 15 is 0 Å². The van der Waals surface area contributed by atoms with E-state index in [1.54, 1.807) is 30.3 Å². The fraction of sp³-hybridized carbons (Fsp3) is 0.375. The predicted octanol–water partition coefficient (Wildman–Crippen LogP) is 5.99. The standard InChI is InChI=1S/C32H40BrN3O5S/c1-8-28(31(38)34-32(4,5)6)35(20-24-13-9-22(2)10-14-24)30(37)21-36(25-15-11-23(3)12-16-25)42(39,40)26-17-18-29(41-7)27(33)19-26/h9-19,28H,8,20-21H2,1-7H3,(H,34,38)/t28-/m1/s1. The minimum Gasteiger partial charge on any atom is -0.496 e. The molecule has 226 valence electrons. The number of hydrogen-bond donors (Lipinski definition) is 1. The van der Waals surface area contributed by atoms with Gasteiger partial charge in [-0.15, -0.1) is 0 Å². The van der Waals surface area contributed by atoms with Crippen LogP contribution in [0.15, 0.2) is 76.1 Å². The lowest BCUT2D eigenvalue weighted by molar-refractivity contribution is -0.141. The Morgan fingerprint density at radius 3 is 2.02 bits per heavy atom.